The summed E-state index contributed by atoms with van der Waals surface area (Å²) in [6.07, 6.45) is 7.66. The van der Waals surface area contributed by atoms with Gasteiger partial charge in [-0.1, -0.05) is 0 Å². The molecule has 2 aromatic heterocycles. The number of rotatable bonds is 6. The largest absolute Gasteiger partial charge is 0.378 e. The summed E-state index contributed by atoms with van der Waals surface area (Å²) in [5, 5.41) is 14.5. The van der Waals surface area contributed by atoms with Gasteiger partial charge in [0.05, 0.1) is 4.92 Å². The Morgan fingerprint density at radius 1 is 1.26 bits per heavy atom. The number of hydrogen-bond donors (Lipinski definition) is 3. The van der Waals surface area contributed by atoms with Crippen molar-refractivity contribution >= 4 is 33.4 Å². The van der Waals surface area contributed by atoms with Gasteiger partial charge in [0, 0.05) is 29.5 Å². The van der Waals surface area contributed by atoms with Crippen LogP contribution in [0.5, 0.6) is 0 Å². The van der Waals surface area contributed by atoms with Crippen molar-refractivity contribution in [3.63, 3.8) is 0 Å². The van der Waals surface area contributed by atoms with Crippen molar-refractivity contribution in [3.05, 3.63) is 44.3 Å². The lowest BCUT2D eigenvalue weighted by molar-refractivity contribution is -0.385. The molecule has 0 atom stereocenters. The Kier molecular flexibility index (Phi) is 6.17. The summed E-state index contributed by atoms with van der Waals surface area (Å²) < 4.78 is 0.863. The van der Waals surface area contributed by atoms with Gasteiger partial charge in [0.25, 0.3) is 0 Å². The molecule has 0 spiro atoms. The average molecular weight is 436 g/mol. The van der Waals surface area contributed by atoms with Gasteiger partial charge < -0.3 is 16.8 Å². The van der Waals surface area contributed by atoms with Crippen LogP contribution in [-0.2, 0) is 13.0 Å². The number of nitro groups is 1. The molecule has 9 nitrogen and oxygen atoms in total. The van der Waals surface area contributed by atoms with Crippen LogP contribution in [0.1, 0.15) is 36.9 Å². The van der Waals surface area contributed by atoms with Crippen LogP contribution in [0, 0.1) is 16.0 Å². The molecule has 5 N–H and O–H groups in total. The Morgan fingerprint density at radius 3 is 2.67 bits per heavy atom. The highest BCUT2D eigenvalue weighted by atomic mass is 79.9. The molecule has 0 bridgehead atoms. The zero-order valence-electron chi connectivity index (χ0n) is 14.8. The molecule has 0 saturated heterocycles. The predicted octanol–water partition coefficient (Wildman–Crippen LogP) is 2.80. The van der Waals surface area contributed by atoms with E-state index in [1.807, 2.05) is 6.07 Å². The Labute approximate surface area is 165 Å². The van der Waals surface area contributed by atoms with Gasteiger partial charge in [0.1, 0.15) is 5.69 Å². The molecule has 2 aromatic rings. The van der Waals surface area contributed by atoms with Crippen LogP contribution in [0.4, 0.5) is 17.5 Å². The Morgan fingerprint density at radius 2 is 2.00 bits per heavy atom. The van der Waals surface area contributed by atoms with E-state index in [1.54, 1.807) is 12.4 Å². The summed E-state index contributed by atoms with van der Waals surface area (Å²) in [5.74, 6) is 0.480. The quantitative estimate of drug-likeness (QED) is 0.463. The predicted molar refractivity (Wildman–Crippen MR) is 106 cm³/mol. The second-order valence-corrected chi connectivity index (χ2v) is 7.75. The monoisotopic (exact) mass is 435 g/mol. The highest BCUT2D eigenvalue weighted by Crippen LogP contribution is 2.31. The zero-order valence-corrected chi connectivity index (χ0v) is 16.4. The number of nitrogens with one attached hydrogen (secondary N) is 1. The number of aromatic nitrogens is 3. The van der Waals surface area contributed by atoms with E-state index in [4.69, 9.17) is 11.5 Å². The SMILES string of the molecule is Nc1nc(NCc2cncc(Br)c2)nc(C[C@H]2CC[C@H](N)CC2)c1[N+](=O)[O-]. The molecule has 2 heterocycles. The topological polar surface area (TPSA) is 146 Å². The van der Waals surface area contributed by atoms with Crippen molar-refractivity contribution in [2.45, 2.75) is 44.7 Å². The number of pyridine rings is 1. The van der Waals surface area contributed by atoms with E-state index in [1.165, 1.54) is 0 Å². The third-order valence-corrected chi connectivity index (χ3v) is 5.18. The van der Waals surface area contributed by atoms with Crippen LogP contribution >= 0.6 is 15.9 Å². The second-order valence-electron chi connectivity index (χ2n) is 6.83. The minimum atomic E-state index is -0.499. The first kappa shape index (κ1) is 19.4. The number of nitrogens with zero attached hydrogens (tertiary/aromatic N) is 4. The molecule has 1 saturated carbocycles. The fourth-order valence-electron chi connectivity index (χ4n) is 3.34. The number of nitrogens with two attached hydrogens (primary N) is 2. The first-order chi connectivity index (χ1) is 12.9. The summed E-state index contributed by atoms with van der Waals surface area (Å²) >= 11 is 3.37. The Hall–Kier alpha value is -2.33. The van der Waals surface area contributed by atoms with Crippen molar-refractivity contribution in [2.75, 3.05) is 11.1 Å². The molecular weight excluding hydrogens is 414 g/mol. The van der Waals surface area contributed by atoms with E-state index in [0.29, 0.717) is 24.6 Å². The molecule has 0 aromatic carbocycles. The molecule has 1 aliphatic rings. The van der Waals surface area contributed by atoms with E-state index < -0.39 is 4.92 Å². The Balaban J connectivity index is 1.79. The van der Waals surface area contributed by atoms with Crippen molar-refractivity contribution < 1.29 is 4.92 Å². The molecule has 1 aliphatic carbocycles. The van der Waals surface area contributed by atoms with Gasteiger partial charge in [-0.15, -0.1) is 0 Å². The normalized spacial score (nSPS) is 19.6. The van der Waals surface area contributed by atoms with Crippen LogP contribution in [0.3, 0.4) is 0 Å². The summed E-state index contributed by atoms with van der Waals surface area (Å²) in [6.45, 7) is 0.432. The summed E-state index contributed by atoms with van der Waals surface area (Å²) in [6, 6.07) is 2.14. The smallest absolute Gasteiger partial charge is 0.332 e. The van der Waals surface area contributed by atoms with Gasteiger partial charge in [0.2, 0.25) is 11.8 Å². The number of anilines is 2. The first-order valence-corrected chi connectivity index (χ1v) is 9.61. The maximum atomic E-state index is 11.5. The molecule has 144 valence electrons. The van der Waals surface area contributed by atoms with Crippen molar-refractivity contribution in [2.24, 2.45) is 11.7 Å². The third-order valence-electron chi connectivity index (χ3n) is 4.75. The van der Waals surface area contributed by atoms with Crippen LogP contribution < -0.4 is 16.8 Å². The highest BCUT2D eigenvalue weighted by molar-refractivity contribution is 9.10. The molecule has 1 fully saturated rings. The van der Waals surface area contributed by atoms with Crippen LogP contribution in [0.15, 0.2) is 22.9 Å². The van der Waals surface area contributed by atoms with Gasteiger partial charge in [0.15, 0.2) is 0 Å². The van der Waals surface area contributed by atoms with E-state index in [-0.39, 0.29) is 23.5 Å². The number of nitrogen functional groups attached to an aromatic ring is 1. The summed E-state index contributed by atoms with van der Waals surface area (Å²) in [7, 11) is 0. The lowest BCUT2D eigenvalue weighted by Gasteiger charge is -2.25. The van der Waals surface area contributed by atoms with Gasteiger partial charge in [-0.25, -0.2) is 4.98 Å². The fourth-order valence-corrected chi connectivity index (χ4v) is 3.75. The maximum absolute atomic E-state index is 11.5. The number of hydrogen-bond acceptors (Lipinski definition) is 8. The van der Waals surface area contributed by atoms with E-state index in [0.717, 1.165) is 35.7 Å². The highest BCUT2D eigenvalue weighted by Gasteiger charge is 2.27. The van der Waals surface area contributed by atoms with Crippen molar-refractivity contribution in [1.82, 2.24) is 15.0 Å². The molecule has 0 aliphatic heterocycles. The van der Waals surface area contributed by atoms with Gasteiger partial charge in [-0.3, -0.25) is 15.1 Å². The van der Waals surface area contributed by atoms with Crippen LogP contribution in [0.2, 0.25) is 0 Å². The van der Waals surface area contributed by atoms with E-state index >= 15 is 0 Å². The molecule has 3 rings (SSSR count). The Bertz CT molecular complexity index is 825. The average Bonchev–Trinajstić information content (AvgIpc) is 2.61. The molecule has 0 radical (unpaired) electrons. The van der Waals surface area contributed by atoms with Crippen molar-refractivity contribution in [1.29, 1.82) is 0 Å². The molecule has 0 unspecified atom stereocenters. The fraction of sp³-hybridized carbons (Fsp3) is 0.471. The lowest BCUT2D eigenvalue weighted by atomic mass is 9.83. The van der Waals surface area contributed by atoms with Crippen molar-refractivity contribution in [3.8, 4) is 0 Å². The van der Waals surface area contributed by atoms with Crippen LogP contribution in [0.25, 0.3) is 0 Å². The van der Waals surface area contributed by atoms with Gasteiger partial charge in [-0.2, -0.15) is 4.98 Å². The lowest BCUT2D eigenvalue weighted by Crippen LogP contribution is -2.27. The summed E-state index contributed by atoms with van der Waals surface area (Å²) in [5.41, 5.74) is 12.9. The third kappa shape index (κ3) is 5.10. The minimum absolute atomic E-state index is 0.118. The molecule has 10 heteroatoms. The standard InChI is InChI=1S/C17H22BrN7O2/c18-12-5-11(7-21-9-12)8-22-17-23-14(15(25(26)27)16(20)24-17)6-10-1-3-13(19)4-2-10/h5,7,9-10,13H,1-4,6,8,19H2,(H3,20,22,23,24)/t10-,13-. The maximum Gasteiger partial charge on any atom is 0.332 e. The van der Waals surface area contributed by atoms with E-state index in [9.17, 15) is 10.1 Å². The van der Waals surface area contributed by atoms with Crippen LogP contribution in [-0.4, -0.2) is 25.9 Å². The first-order valence-electron chi connectivity index (χ1n) is 8.82. The second kappa shape index (κ2) is 8.57. The van der Waals surface area contributed by atoms with Gasteiger partial charge in [-0.05, 0) is 65.6 Å². The van der Waals surface area contributed by atoms with Gasteiger partial charge >= 0.3 is 5.69 Å². The molecule has 0 amide bonds. The molecular formula is C17H22BrN7O2. The minimum Gasteiger partial charge on any atom is -0.378 e. The zero-order chi connectivity index (χ0) is 19.4. The van der Waals surface area contributed by atoms with E-state index in [2.05, 4.69) is 36.2 Å². The number of halogens is 1. The molecule has 27 heavy (non-hydrogen) atoms. The summed E-state index contributed by atoms with van der Waals surface area (Å²) in [4.78, 5) is 23.5.